The van der Waals surface area contributed by atoms with E-state index in [2.05, 4.69) is 9.88 Å². The lowest BCUT2D eigenvalue weighted by Crippen LogP contribution is -2.27. The molecule has 0 spiro atoms. The van der Waals surface area contributed by atoms with Gasteiger partial charge < -0.3 is 14.4 Å². The van der Waals surface area contributed by atoms with Crippen LogP contribution in [0.1, 0.15) is 29.1 Å². The highest BCUT2D eigenvalue weighted by Crippen LogP contribution is 2.30. The normalized spacial score (nSPS) is 12.5. The minimum Gasteiger partial charge on any atom is -0.497 e. The van der Waals surface area contributed by atoms with Crippen LogP contribution >= 0.6 is 0 Å². The number of ether oxygens (including phenoxy) is 1. The number of benzene rings is 2. The smallest absolute Gasteiger partial charge is 0.341 e. The fraction of sp³-hybridized carbons (Fsp3) is 0.158. The van der Waals surface area contributed by atoms with E-state index in [9.17, 15) is 22.7 Å². The maximum absolute atomic E-state index is 13.1. The third kappa shape index (κ3) is 4.28. The van der Waals surface area contributed by atoms with Crippen LogP contribution in [0.5, 0.6) is 5.75 Å². The van der Waals surface area contributed by atoms with Crippen molar-refractivity contribution in [3.63, 3.8) is 0 Å². The lowest BCUT2D eigenvalue weighted by atomic mass is 10.0. The van der Waals surface area contributed by atoms with Crippen molar-refractivity contribution < 1.29 is 32.0 Å². The number of aromatic nitrogens is 1. The van der Waals surface area contributed by atoms with Gasteiger partial charge in [-0.25, -0.2) is 22.3 Å². The number of hydrogen-bond acceptors (Lipinski definition) is 6. The first-order valence-corrected chi connectivity index (χ1v) is 9.86. The third-order valence-electron chi connectivity index (χ3n) is 4.14. The average molecular weight is 420 g/mol. The molecule has 0 aliphatic carbocycles. The Hall–Kier alpha value is -3.24. The highest BCUT2D eigenvalue weighted by Gasteiger charge is 2.30. The fourth-order valence-electron chi connectivity index (χ4n) is 2.72. The molecule has 29 heavy (non-hydrogen) atoms. The molecular weight excluding hydrogens is 403 g/mol. The molecule has 3 rings (SSSR count). The molecule has 0 unspecified atom stereocenters. The maximum atomic E-state index is 13.1. The molecule has 0 radical (unpaired) electrons. The molecule has 1 aromatic heterocycles. The predicted molar refractivity (Wildman–Crippen MR) is 101 cm³/mol. The van der Waals surface area contributed by atoms with Crippen LogP contribution in [0.15, 0.2) is 57.9 Å². The number of hydrogen-bond donors (Lipinski definition) is 2. The summed E-state index contributed by atoms with van der Waals surface area (Å²) in [4.78, 5) is 11.8. The van der Waals surface area contributed by atoms with Crippen LogP contribution in [0, 0.1) is 5.82 Å². The number of carbonyl (C=O) groups is 1. The van der Waals surface area contributed by atoms with Crippen molar-refractivity contribution in [2.45, 2.75) is 17.9 Å². The second kappa shape index (κ2) is 8.02. The van der Waals surface area contributed by atoms with Crippen molar-refractivity contribution >= 4 is 16.0 Å². The number of aromatic carboxylic acids is 1. The molecular formula is C19H17FN2O6S. The van der Waals surface area contributed by atoms with Gasteiger partial charge in [0.15, 0.2) is 5.76 Å². The predicted octanol–water partition coefficient (Wildman–Crippen LogP) is 3.23. The molecule has 0 amide bonds. The van der Waals surface area contributed by atoms with E-state index in [0.29, 0.717) is 11.3 Å². The fourth-order valence-corrected chi connectivity index (χ4v) is 3.92. The molecule has 0 bridgehead atoms. The molecule has 2 aromatic carbocycles. The molecule has 1 atom stereocenters. The Morgan fingerprint density at radius 3 is 2.34 bits per heavy atom. The van der Waals surface area contributed by atoms with E-state index in [1.54, 1.807) is 0 Å². The minimum atomic E-state index is -3.97. The summed E-state index contributed by atoms with van der Waals surface area (Å²) in [5.41, 5.74) is -0.00598. The molecule has 0 fully saturated rings. The van der Waals surface area contributed by atoms with Crippen LogP contribution in [-0.4, -0.2) is 31.8 Å². The van der Waals surface area contributed by atoms with Gasteiger partial charge in [-0.2, -0.15) is 0 Å². The zero-order valence-electron chi connectivity index (χ0n) is 15.4. The zero-order chi connectivity index (χ0) is 21.2. The number of sulfonamides is 1. The van der Waals surface area contributed by atoms with E-state index in [1.807, 2.05) is 0 Å². The zero-order valence-corrected chi connectivity index (χ0v) is 16.2. The van der Waals surface area contributed by atoms with Gasteiger partial charge in [0, 0.05) is 5.56 Å². The molecule has 0 saturated heterocycles. The third-order valence-corrected chi connectivity index (χ3v) is 5.70. The van der Waals surface area contributed by atoms with Crippen molar-refractivity contribution in [2.24, 2.45) is 0 Å². The van der Waals surface area contributed by atoms with Crippen LogP contribution in [0.25, 0.3) is 11.3 Å². The summed E-state index contributed by atoms with van der Waals surface area (Å²) < 4.78 is 50.9. The highest BCUT2D eigenvalue weighted by molar-refractivity contribution is 7.89. The Morgan fingerprint density at radius 2 is 1.79 bits per heavy atom. The Bertz CT molecular complexity index is 1120. The van der Waals surface area contributed by atoms with Crippen molar-refractivity contribution in [1.82, 2.24) is 9.88 Å². The molecule has 2 N–H and O–H groups in total. The summed E-state index contributed by atoms with van der Waals surface area (Å²) in [7, 11) is -2.51. The van der Waals surface area contributed by atoms with Gasteiger partial charge in [0.2, 0.25) is 10.0 Å². The van der Waals surface area contributed by atoms with Gasteiger partial charge in [0.1, 0.15) is 22.8 Å². The Balaban J connectivity index is 1.93. The SMILES string of the molecule is COc1ccc(S(=O)(=O)N[C@H](C)c2onc(-c3ccc(F)cc3)c2C(=O)O)cc1. The summed E-state index contributed by atoms with van der Waals surface area (Å²) >= 11 is 0. The number of nitrogens with zero attached hydrogens (tertiary/aromatic N) is 1. The van der Waals surface area contributed by atoms with Crippen molar-refractivity contribution in [3.05, 3.63) is 65.7 Å². The molecule has 8 nitrogen and oxygen atoms in total. The van der Waals surface area contributed by atoms with E-state index in [-0.39, 0.29) is 21.9 Å². The number of rotatable bonds is 7. The number of methoxy groups -OCH3 is 1. The van der Waals surface area contributed by atoms with E-state index < -0.39 is 27.9 Å². The van der Waals surface area contributed by atoms with Gasteiger partial charge >= 0.3 is 5.97 Å². The van der Waals surface area contributed by atoms with Gasteiger partial charge in [-0.15, -0.1) is 0 Å². The summed E-state index contributed by atoms with van der Waals surface area (Å²) in [5, 5.41) is 13.4. The first kappa shape index (κ1) is 20.5. The standard InChI is InChI=1S/C19H17FN2O6S/c1-11(22-29(25,26)15-9-7-14(27-2)8-10-15)18-16(19(23)24)17(21-28-18)12-3-5-13(20)6-4-12/h3-11,22H,1-2H3,(H,23,24)/t11-/m1/s1. The van der Waals surface area contributed by atoms with Crippen LogP contribution in [-0.2, 0) is 10.0 Å². The monoisotopic (exact) mass is 420 g/mol. The summed E-state index contributed by atoms with van der Waals surface area (Å²) in [6, 6.07) is 9.69. The first-order chi connectivity index (χ1) is 13.7. The Labute approximate surface area is 166 Å². The van der Waals surface area contributed by atoms with Gasteiger partial charge in [0.25, 0.3) is 0 Å². The summed E-state index contributed by atoms with van der Waals surface area (Å²) in [6.45, 7) is 1.43. The molecule has 10 heteroatoms. The number of halogens is 1. The lowest BCUT2D eigenvalue weighted by Gasteiger charge is -2.13. The summed E-state index contributed by atoms with van der Waals surface area (Å²) in [6.07, 6.45) is 0. The van der Waals surface area contributed by atoms with Crippen molar-refractivity contribution in [3.8, 4) is 17.0 Å². The molecule has 0 aliphatic heterocycles. The van der Waals surface area contributed by atoms with E-state index in [0.717, 1.165) is 12.1 Å². The van der Waals surface area contributed by atoms with Crippen molar-refractivity contribution in [1.29, 1.82) is 0 Å². The summed E-state index contributed by atoms with van der Waals surface area (Å²) in [5.74, 6) is -1.52. The molecule has 3 aromatic rings. The van der Waals surface area contributed by atoms with E-state index in [4.69, 9.17) is 9.26 Å². The second-order valence-corrected chi connectivity index (χ2v) is 7.81. The molecule has 152 valence electrons. The molecule has 0 aliphatic rings. The van der Waals surface area contributed by atoms with Gasteiger partial charge in [0.05, 0.1) is 18.0 Å². The first-order valence-electron chi connectivity index (χ1n) is 8.38. The van der Waals surface area contributed by atoms with Gasteiger partial charge in [-0.1, -0.05) is 5.16 Å². The van der Waals surface area contributed by atoms with Crippen LogP contribution in [0.3, 0.4) is 0 Å². The average Bonchev–Trinajstić information content (AvgIpc) is 3.14. The molecule has 0 saturated carbocycles. The number of carboxylic acids is 1. The van der Waals surface area contributed by atoms with E-state index >= 15 is 0 Å². The largest absolute Gasteiger partial charge is 0.497 e. The topological polar surface area (TPSA) is 119 Å². The van der Waals surface area contributed by atoms with Gasteiger partial charge in [-0.05, 0) is 55.5 Å². The van der Waals surface area contributed by atoms with Crippen LogP contribution < -0.4 is 9.46 Å². The maximum Gasteiger partial charge on any atom is 0.341 e. The van der Waals surface area contributed by atoms with E-state index in [1.165, 1.54) is 50.4 Å². The van der Waals surface area contributed by atoms with Crippen molar-refractivity contribution in [2.75, 3.05) is 7.11 Å². The molecule has 1 heterocycles. The second-order valence-electron chi connectivity index (χ2n) is 6.10. The Morgan fingerprint density at radius 1 is 1.17 bits per heavy atom. The van der Waals surface area contributed by atoms with Crippen LogP contribution in [0.2, 0.25) is 0 Å². The van der Waals surface area contributed by atoms with Gasteiger partial charge in [-0.3, -0.25) is 0 Å². The quantitative estimate of drug-likeness (QED) is 0.602. The highest BCUT2D eigenvalue weighted by atomic mass is 32.2. The number of nitrogens with one attached hydrogen (secondary N) is 1. The minimum absolute atomic E-state index is 0.0250. The van der Waals surface area contributed by atoms with Crippen LogP contribution in [0.4, 0.5) is 4.39 Å². The number of carboxylic acid groups (broad SMARTS) is 1. The Kier molecular flexibility index (Phi) is 5.66. The lowest BCUT2D eigenvalue weighted by molar-refractivity contribution is 0.0694.